The topological polar surface area (TPSA) is 33.3 Å². The number of ether oxygens (including phenoxy) is 1. The van der Waals surface area contributed by atoms with Crippen LogP contribution in [0.3, 0.4) is 0 Å². The summed E-state index contributed by atoms with van der Waals surface area (Å²) in [6.07, 6.45) is 5.58. The van der Waals surface area contributed by atoms with E-state index in [1.807, 2.05) is 7.11 Å². The summed E-state index contributed by atoms with van der Waals surface area (Å²) in [4.78, 5) is 0. The maximum Gasteiger partial charge on any atom is 0.0601 e. The van der Waals surface area contributed by atoms with E-state index < -0.39 is 0 Å². The SMILES string of the molecule is COC1CC(NC2CCCNC2)C1. The van der Waals surface area contributed by atoms with Gasteiger partial charge in [-0.15, -0.1) is 0 Å². The van der Waals surface area contributed by atoms with E-state index in [2.05, 4.69) is 10.6 Å². The monoisotopic (exact) mass is 184 g/mol. The number of methoxy groups -OCH3 is 1. The van der Waals surface area contributed by atoms with Crippen LogP contribution in [0.15, 0.2) is 0 Å². The molecule has 1 heterocycles. The highest BCUT2D eigenvalue weighted by atomic mass is 16.5. The molecule has 2 aliphatic rings. The average molecular weight is 184 g/mol. The van der Waals surface area contributed by atoms with Crippen LogP contribution in [0.1, 0.15) is 25.7 Å². The quantitative estimate of drug-likeness (QED) is 0.670. The Labute approximate surface area is 80.2 Å². The molecule has 0 aromatic rings. The van der Waals surface area contributed by atoms with E-state index in [9.17, 15) is 0 Å². The van der Waals surface area contributed by atoms with Gasteiger partial charge in [0.05, 0.1) is 6.10 Å². The number of hydrogen-bond acceptors (Lipinski definition) is 3. The Morgan fingerprint density at radius 2 is 2.15 bits per heavy atom. The molecule has 0 amide bonds. The summed E-state index contributed by atoms with van der Waals surface area (Å²) < 4.78 is 5.25. The molecule has 1 aliphatic carbocycles. The minimum atomic E-state index is 0.522. The molecule has 76 valence electrons. The molecule has 0 aromatic heterocycles. The predicted octanol–water partition coefficient (Wildman–Crippen LogP) is 0.505. The van der Waals surface area contributed by atoms with Gasteiger partial charge in [-0.1, -0.05) is 0 Å². The maximum atomic E-state index is 5.25. The van der Waals surface area contributed by atoms with Gasteiger partial charge < -0.3 is 15.4 Å². The van der Waals surface area contributed by atoms with Crippen LogP contribution in [0.4, 0.5) is 0 Å². The second kappa shape index (κ2) is 4.40. The number of piperidine rings is 1. The van der Waals surface area contributed by atoms with Crippen molar-refractivity contribution < 1.29 is 4.74 Å². The lowest BCUT2D eigenvalue weighted by atomic mass is 9.88. The van der Waals surface area contributed by atoms with Gasteiger partial charge in [-0.2, -0.15) is 0 Å². The van der Waals surface area contributed by atoms with Crippen molar-refractivity contribution in [2.24, 2.45) is 0 Å². The Balaban J connectivity index is 1.62. The summed E-state index contributed by atoms with van der Waals surface area (Å²) in [5, 5.41) is 7.10. The van der Waals surface area contributed by atoms with Crippen molar-refractivity contribution in [3.8, 4) is 0 Å². The molecular weight excluding hydrogens is 164 g/mol. The Morgan fingerprint density at radius 1 is 1.31 bits per heavy atom. The Bertz CT molecular complexity index is 151. The lowest BCUT2D eigenvalue weighted by Crippen LogP contribution is -2.53. The summed E-state index contributed by atoms with van der Waals surface area (Å²) in [6.45, 7) is 2.34. The number of nitrogens with one attached hydrogen (secondary N) is 2. The molecule has 2 fully saturated rings. The number of hydrogen-bond donors (Lipinski definition) is 2. The first-order valence-electron chi connectivity index (χ1n) is 5.38. The zero-order chi connectivity index (χ0) is 9.10. The van der Waals surface area contributed by atoms with Gasteiger partial charge in [0.15, 0.2) is 0 Å². The largest absolute Gasteiger partial charge is 0.381 e. The third-order valence-corrected chi connectivity index (χ3v) is 3.20. The van der Waals surface area contributed by atoms with Gasteiger partial charge in [-0.25, -0.2) is 0 Å². The van der Waals surface area contributed by atoms with E-state index in [0.29, 0.717) is 12.1 Å². The van der Waals surface area contributed by atoms with E-state index in [4.69, 9.17) is 4.74 Å². The van der Waals surface area contributed by atoms with Crippen molar-refractivity contribution in [2.75, 3.05) is 20.2 Å². The van der Waals surface area contributed by atoms with E-state index in [1.165, 1.54) is 32.2 Å². The highest BCUT2D eigenvalue weighted by Gasteiger charge is 2.30. The van der Waals surface area contributed by atoms with Crippen molar-refractivity contribution >= 4 is 0 Å². The highest BCUT2D eigenvalue weighted by Crippen LogP contribution is 2.23. The molecule has 0 spiro atoms. The van der Waals surface area contributed by atoms with Gasteiger partial charge in [0.2, 0.25) is 0 Å². The fraction of sp³-hybridized carbons (Fsp3) is 1.00. The van der Waals surface area contributed by atoms with Gasteiger partial charge in [0, 0.05) is 25.7 Å². The molecule has 3 heteroatoms. The first-order chi connectivity index (χ1) is 6.38. The molecule has 1 saturated carbocycles. The zero-order valence-electron chi connectivity index (χ0n) is 8.38. The van der Waals surface area contributed by atoms with E-state index in [0.717, 1.165) is 12.6 Å². The lowest BCUT2D eigenvalue weighted by Gasteiger charge is -2.38. The minimum Gasteiger partial charge on any atom is -0.381 e. The molecule has 13 heavy (non-hydrogen) atoms. The van der Waals surface area contributed by atoms with Crippen LogP contribution in [-0.4, -0.2) is 38.4 Å². The fourth-order valence-corrected chi connectivity index (χ4v) is 2.22. The molecule has 0 radical (unpaired) electrons. The summed E-state index contributed by atoms with van der Waals surface area (Å²) in [6, 6.07) is 1.42. The maximum absolute atomic E-state index is 5.25. The number of rotatable bonds is 3. The van der Waals surface area contributed by atoms with Gasteiger partial charge >= 0.3 is 0 Å². The van der Waals surface area contributed by atoms with Crippen molar-refractivity contribution in [3.63, 3.8) is 0 Å². The first-order valence-corrected chi connectivity index (χ1v) is 5.38. The van der Waals surface area contributed by atoms with Gasteiger partial charge in [0.1, 0.15) is 0 Å². The summed E-state index contributed by atoms with van der Waals surface area (Å²) in [7, 11) is 1.81. The van der Waals surface area contributed by atoms with Crippen LogP contribution in [-0.2, 0) is 4.74 Å². The normalized spacial score (nSPS) is 39.9. The molecule has 1 saturated heterocycles. The van der Waals surface area contributed by atoms with Crippen LogP contribution in [0, 0.1) is 0 Å². The Kier molecular flexibility index (Phi) is 3.19. The first kappa shape index (κ1) is 9.44. The molecule has 0 aromatic carbocycles. The molecule has 1 atom stereocenters. The smallest absolute Gasteiger partial charge is 0.0601 e. The van der Waals surface area contributed by atoms with Crippen molar-refractivity contribution in [1.82, 2.24) is 10.6 Å². The third-order valence-electron chi connectivity index (χ3n) is 3.20. The predicted molar refractivity (Wildman–Crippen MR) is 52.8 cm³/mol. The molecule has 0 bridgehead atoms. The second-order valence-corrected chi connectivity index (χ2v) is 4.24. The summed E-state index contributed by atoms with van der Waals surface area (Å²) in [5.41, 5.74) is 0. The van der Waals surface area contributed by atoms with Crippen LogP contribution in [0.25, 0.3) is 0 Å². The van der Waals surface area contributed by atoms with Crippen LogP contribution < -0.4 is 10.6 Å². The molecule has 2 N–H and O–H groups in total. The van der Waals surface area contributed by atoms with E-state index >= 15 is 0 Å². The van der Waals surface area contributed by atoms with Crippen LogP contribution in [0.5, 0.6) is 0 Å². The highest BCUT2D eigenvalue weighted by molar-refractivity contribution is 4.89. The fourth-order valence-electron chi connectivity index (χ4n) is 2.22. The Hall–Kier alpha value is -0.120. The zero-order valence-corrected chi connectivity index (χ0v) is 8.38. The summed E-state index contributed by atoms with van der Waals surface area (Å²) >= 11 is 0. The van der Waals surface area contributed by atoms with Crippen molar-refractivity contribution in [1.29, 1.82) is 0 Å². The average Bonchev–Trinajstić information content (AvgIpc) is 2.12. The van der Waals surface area contributed by atoms with Gasteiger partial charge in [0.25, 0.3) is 0 Å². The molecule has 3 nitrogen and oxygen atoms in total. The van der Waals surface area contributed by atoms with E-state index in [-0.39, 0.29) is 0 Å². The van der Waals surface area contributed by atoms with Crippen LogP contribution in [0.2, 0.25) is 0 Å². The lowest BCUT2D eigenvalue weighted by molar-refractivity contribution is 0.0134. The Morgan fingerprint density at radius 3 is 2.77 bits per heavy atom. The molecule has 1 unspecified atom stereocenters. The minimum absolute atomic E-state index is 0.522. The molecule has 1 aliphatic heterocycles. The van der Waals surface area contributed by atoms with Crippen molar-refractivity contribution in [2.45, 2.75) is 43.9 Å². The second-order valence-electron chi connectivity index (χ2n) is 4.24. The molecule has 2 rings (SSSR count). The van der Waals surface area contributed by atoms with Crippen molar-refractivity contribution in [3.05, 3.63) is 0 Å². The van der Waals surface area contributed by atoms with Gasteiger partial charge in [-0.3, -0.25) is 0 Å². The van der Waals surface area contributed by atoms with E-state index in [1.54, 1.807) is 0 Å². The third kappa shape index (κ3) is 2.42. The van der Waals surface area contributed by atoms with Gasteiger partial charge in [-0.05, 0) is 32.2 Å². The summed E-state index contributed by atoms with van der Waals surface area (Å²) in [5.74, 6) is 0. The standard InChI is InChI=1S/C10H20N2O/c1-13-10-5-9(6-10)12-8-3-2-4-11-7-8/h8-12H,2-7H2,1H3. The van der Waals surface area contributed by atoms with Crippen LogP contribution >= 0.6 is 0 Å². The molecular formula is C10H20N2O.